The van der Waals surface area contributed by atoms with Crippen molar-refractivity contribution >= 4 is 71.4 Å². The Balaban J connectivity index is 1.06. The van der Waals surface area contributed by atoms with Gasteiger partial charge in [0.2, 0.25) is 0 Å². The fourth-order valence-electron chi connectivity index (χ4n) is 10.0. The SMILES string of the molecule is c1ccc(-c2cccc(C3N=C(c4ccccc4-n4c5ccccc5c5ccc6c7ccccc7n(-c7ccccc7)c6c54)NC(c4cccc5c4oc4ccccc45)N3)c2)cc1. The Morgan fingerprint density at radius 2 is 1.06 bits per heavy atom. The van der Waals surface area contributed by atoms with Crippen LogP contribution in [0.5, 0.6) is 0 Å². The fourth-order valence-corrected chi connectivity index (χ4v) is 10.0. The highest BCUT2D eigenvalue weighted by Gasteiger charge is 2.30. The normalized spacial score (nSPS) is 15.5. The van der Waals surface area contributed by atoms with Crippen molar-refractivity contribution in [1.29, 1.82) is 0 Å². The number of furan rings is 1. The minimum absolute atomic E-state index is 0.342. The first-order valence-corrected chi connectivity index (χ1v) is 21.5. The van der Waals surface area contributed by atoms with Gasteiger partial charge in [0, 0.05) is 49.1 Å². The molecule has 1 aliphatic rings. The number of aromatic nitrogens is 2. The van der Waals surface area contributed by atoms with Crippen LogP contribution in [0.15, 0.2) is 222 Å². The Morgan fingerprint density at radius 3 is 1.86 bits per heavy atom. The zero-order valence-corrected chi connectivity index (χ0v) is 34.1. The lowest BCUT2D eigenvalue weighted by atomic mass is 10.0. The molecule has 0 bridgehead atoms. The topological polar surface area (TPSA) is 59.4 Å². The number of hydrogen-bond acceptors (Lipinski definition) is 4. The molecule has 2 atom stereocenters. The molecule has 2 unspecified atom stereocenters. The minimum atomic E-state index is -0.381. The number of aliphatic imine (C=N–C) groups is 1. The molecule has 63 heavy (non-hydrogen) atoms. The summed E-state index contributed by atoms with van der Waals surface area (Å²) in [6, 6.07) is 75.6. The lowest BCUT2D eigenvalue weighted by molar-refractivity contribution is 0.408. The Morgan fingerprint density at radius 1 is 0.460 bits per heavy atom. The lowest BCUT2D eigenvalue weighted by Gasteiger charge is -2.33. The predicted molar refractivity (Wildman–Crippen MR) is 259 cm³/mol. The second-order valence-electron chi connectivity index (χ2n) is 16.4. The van der Waals surface area contributed by atoms with E-state index < -0.39 is 0 Å². The van der Waals surface area contributed by atoms with Crippen molar-refractivity contribution in [3.05, 3.63) is 229 Å². The molecule has 0 radical (unpaired) electrons. The maximum absolute atomic E-state index is 6.66. The molecule has 2 N–H and O–H groups in total. The van der Waals surface area contributed by atoms with Crippen LogP contribution in [0.3, 0.4) is 0 Å². The summed E-state index contributed by atoms with van der Waals surface area (Å²) < 4.78 is 11.6. The Kier molecular flexibility index (Phi) is 8.01. The van der Waals surface area contributed by atoms with E-state index in [1.165, 1.54) is 27.1 Å². The third-order valence-corrected chi connectivity index (χ3v) is 12.8. The molecule has 0 amide bonds. The number of amidine groups is 1. The average molecular weight is 810 g/mol. The van der Waals surface area contributed by atoms with Crippen LogP contribution in [0.1, 0.15) is 29.0 Å². The van der Waals surface area contributed by atoms with Crippen molar-refractivity contribution < 1.29 is 4.42 Å². The largest absolute Gasteiger partial charge is 0.456 e. The van der Waals surface area contributed by atoms with Crippen LogP contribution in [0.2, 0.25) is 0 Å². The number of rotatable bonds is 6. The monoisotopic (exact) mass is 809 g/mol. The van der Waals surface area contributed by atoms with Gasteiger partial charge in [0.05, 0.1) is 27.8 Å². The number of nitrogens with one attached hydrogen (secondary N) is 2. The maximum atomic E-state index is 6.66. The molecule has 4 heterocycles. The van der Waals surface area contributed by atoms with E-state index in [2.05, 4.69) is 220 Å². The lowest BCUT2D eigenvalue weighted by Crippen LogP contribution is -2.45. The summed E-state index contributed by atoms with van der Waals surface area (Å²) in [7, 11) is 0. The van der Waals surface area contributed by atoms with Crippen LogP contribution in [-0.4, -0.2) is 15.0 Å². The van der Waals surface area contributed by atoms with Crippen LogP contribution in [0.4, 0.5) is 0 Å². The van der Waals surface area contributed by atoms with Gasteiger partial charge in [0.25, 0.3) is 0 Å². The third kappa shape index (κ3) is 5.59. The van der Waals surface area contributed by atoms with Crippen LogP contribution < -0.4 is 10.6 Å². The van der Waals surface area contributed by atoms with Crippen LogP contribution in [-0.2, 0) is 0 Å². The Hall–Kier alpha value is -8.19. The van der Waals surface area contributed by atoms with Gasteiger partial charge in [-0.2, -0.15) is 0 Å². The molecule has 298 valence electrons. The van der Waals surface area contributed by atoms with Gasteiger partial charge in [0.1, 0.15) is 29.3 Å². The second-order valence-corrected chi connectivity index (χ2v) is 16.4. The third-order valence-electron chi connectivity index (χ3n) is 12.8. The highest BCUT2D eigenvalue weighted by atomic mass is 16.3. The van der Waals surface area contributed by atoms with Crippen LogP contribution in [0.25, 0.3) is 88.1 Å². The molecule has 0 aliphatic carbocycles. The number of hydrogen-bond donors (Lipinski definition) is 2. The van der Waals surface area contributed by atoms with Gasteiger partial charge in [-0.3, -0.25) is 5.32 Å². The summed E-state index contributed by atoms with van der Waals surface area (Å²) in [6.45, 7) is 0. The molecule has 12 aromatic rings. The number of para-hydroxylation sites is 6. The molecular formula is C57H39N5O. The van der Waals surface area contributed by atoms with E-state index in [4.69, 9.17) is 9.41 Å². The molecule has 0 saturated carbocycles. The molecule has 0 spiro atoms. The van der Waals surface area contributed by atoms with E-state index in [0.29, 0.717) is 0 Å². The van der Waals surface area contributed by atoms with E-state index in [9.17, 15) is 0 Å². The van der Waals surface area contributed by atoms with Crippen LogP contribution in [0, 0.1) is 0 Å². The van der Waals surface area contributed by atoms with Crippen molar-refractivity contribution in [2.75, 3.05) is 0 Å². The summed E-state index contributed by atoms with van der Waals surface area (Å²) in [5.74, 6) is 0.791. The standard InChI is InChI=1S/C57H39N5O/c1-3-17-36(18-4-1)37-19-15-20-38(35-37)55-58-56(60-57(59-55)47-28-16-27-45-42-25-10-14-32-51(42)63-54(45)47)46-26-9-13-31-50(46)62-49-30-12-8-24-41(49)44-34-33-43-40-23-7-11-29-48(40)61(52(43)53(44)62)39-21-5-2-6-22-39/h1-35,55,57,59H,(H,58,60). The zero-order valence-electron chi connectivity index (χ0n) is 34.1. The summed E-state index contributed by atoms with van der Waals surface area (Å²) in [4.78, 5) is 5.59. The van der Waals surface area contributed by atoms with Gasteiger partial charge in [-0.25, -0.2) is 4.99 Å². The maximum Gasteiger partial charge on any atom is 0.142 e. The first-order valence-electron chi connectivity index (χ1n) is 21.5. The van der Waals surface area contributed by atoms with Crippen molar-refractivity contribution in [2.24, 2.45) is 4.99 Å². The van der Waals surface area contributed by atoms with E-state index in [1.807, 2.05) is 12.1 Å². The van der Waals surface area contributed by atoms with E-state index in [1.54, 1.807) is 0 Å². The van der Waals surface area contributed by atoms with E-state index in [0.717, 1.165) is 83.5 Å². The molecule has 6 heteroatoms. The minimum Gasteiger partial charge on any atom is -0.456 e. The molecule has 0 saturated heterocycles. The van der Waals surface area contributed by atoms with Crippen molar-refractivity contribution in [1.82, 2.24) is 19.8 Å². The second kappa shape index (κ2) is 14.2. The zero-order chi connectivity index (χ0) is 41.4. The van der Waals surface area contributed by atoms with Crippen molar-refractivity contribution in [2.45, 2.75) is 12.3 Å². The molecule has 0 fully saturated rings. The van der Waals surface area contributed by atoms with Gasteiger partial charge < -0.3 is 18.9 Å². The van der Waals surface area contributed by atoms with Gasteiger partial charge in [-0.15, -0.1) is 0 Å². The van der Waals surface area contributed by atoms with E-state index in [-0.39, 0.29) is 12.3 Å². The highest BCUT2D eigenvalue weighted by molar-refractivity contribution is 6.24. The molecule has 13 rings (SSSR count). The summed E-state index contributed by atoms with van der Waals surface area (Å²) in [5, 5.41) is 14.8. The molecular weight excluding hydrogens is 771 g/mol. The first-order chi connectivity index (χ1) is 31.3. The van der Waals surface area contributed by atoms with Gasteiger partial charge >= 0.3 is 0 Å². The Labute approximate surface area is 363 Å². The summed E-state index contributed by atoms with van der Waals surface area (Å²) in [5.41, 5.74) is 13.9. The van der Waals surface area contributed by atoms with Gasteiger partial charge in [-0.1, -0.05) is 164 Å². The number of fused-ring (bicyclic) bond motifs is 10. The number of nitrogens with zero attached hydrogens (tertiary/aromatic N) is 3. The fraction of sp³-hybridized carbons (Fsp3) is 0.0351. The summed E-state index contributed by atoms with van der Waals surface area (Å²) in [6.07, 6.45) is -0.723. The van der Waals surface area contributed by atoms with Crippen molar-refractivity contribution in [3.63, 3.8) is 0 Å². The molecule has 6 nitrogen and oxygen atoms in total. The van der Waals surface area contributed by atoms with Gasteiger partial charge in [-0.05, 0) is 65.2 Å². The van der Waals surface area contributed by atoms with Gasteiger partial charge in [0.15, 0.2) is 0 Å². The summed E-state index contributed by atoms with van der Waals surface area (Å²) >= 11 is 0. The van der Waals surface area contributed by atoms with Crippen LogP contribution >= 0.6 is 0 Å². The van der Waals surface area contributed by atoms with E-state index >= 15 is 0 Å². The first kappa shape index (κ1) is 35.6. The Bertz CT molecular complexity index is 3760. The predicted octanol–water partition coefficient (Wildman–Crippen LogP) is 13.8. The average Bonchev–Trinajstić information content (AvgIpc) is 4.02. The smallest absolute Gasteiger partial charge is 0.142 e. The molecule has 3 aromatic heterocycles. The quantitative estimate of drug-likeness (QED) is 0.176. The molecule has 1 aliphatic heterocycles. The number of benzene rings is 9. The molecule has 9 aromatic carbocycles. The highest BCUT2D eigenvalue weighted by Crippen LogP contribution is 2.43. The van der Waals surface area contributed by atoms with Crippen molar-refractivity contribution in [3.8, 4) is 22.5 Å².